The molecular weight excluding hydrogens is 311 g/mol. The normalized spacial score (nSPS) is 11.6. The van der Waals surface area contributed by atoms with E-state index in [9.17, 15) is 17.6 Å². The fourth-order valence-corrected chi connectivity index (χ4v) is 3.06. The minimum absolute atomic E-state index is 0.113. The van der Waals surface area contributed by atoms with Crippen LogP contribution >= 0.6 is 0 Å². The van der Waals surface area contributed by atoms with Crippen molar-refractivity contribution < 1.29 is 17.6 Å². The van der Waals surface area contributed by atoms with E-state index >= 15 is 0 Å². The molecule has 0 N–H and O–H groups in total. The Morgan fingerprint density at radius 1 is 0.722 bits per heavy atom. The summed E-state index contributed by atoms with van der Waals surface area (Å²) >= 11 is -0.113. The second-order valence-corrected chi connectivity index (χ2v) is 5.98. The Kier molecular flexibility index (Phi) is 3.73. The molecule has 0 nitrogen and oxygen atoms in total. The van der Waals surface area contributed by atoms with Gasteiger partial charge in [0.15, 0.2) is 0 Å². The summed E-state index contributed by atoms with van der Waals surface area (Å²) < 4.78 is 51.5. The summed E-state index contributed by atoms with van der Waals surface area (Å²) in [5, 5.41) is 0. The van der Waals surface area contributed by atoms with Gasteiger partial charge in [0.1, 0.15) is 0 Å². The molecule has 0 unspecified atom stereocenters. The third-order valence-electron chi connectivity index (χ3n) is 2.23. The molecule has 0 saturated heterocycles. The Hall–Kier alpha value is -1.32. The van der Waals surface area contributed by atoms with Gasteiger partial charge in [-0.2, -0.15) is 0 Å². The van der Waals surface area contributed by atoms with Crippen molar-refractivity contribution >= 4 is 23.9 Å². The van der Waals surface area contributed by atoms with Crippen molar-refractivity contribution in [2.24, 2.45) is 0 Å². The summed E-state index contributed by atoms with van der Waals surface area (Å²) in [6.45, 7) is 0. The minimum atomic E-state index is -4.30. The Bertz CT molecular complexity index is 514. The molecule has 0 saturated carbocycles. The second-order valence-electron chi connectivity index (χ2n) is 3.58. The summed E-state index contributed by atoms with van der Waals surface area (Å²) in [7, 11) is 0. The Labute approximate surface area is 108 Å². The number of rotatable bonds is 2. The first-order valence-electron chi connectivity index (χ1n) is 5.06. The molecule has 0 bridgehead atoms. The monoisotopic (exact) mass is 320 g/mol. The SMILES string of the molecule is Fc1ccc([Se]c2ccc(C(F)(F)F)cc2)cc1. The first-order valence-corrected chi connectivity index (χ1v) is 6.77. The van der Waals surface area contributed by atoms with E-state index in [1.165, 1.54) is 24.3 Å². The standard InChI is InChI=1S/C13H8F4Se/c14-10-3-7-12(8-4-10)18-11-5-1-9(2-6-11)13(15,16)17/h1-8H. The van der Waals surface area contributed by atoms with Gasteiger partial charge in [0, 0.05) is 0 Å². The molecule has 5 heteroatoms. The first-order chi connectivity index (χ1) is 8.45. The predicted octanol–water partition coefficient (Wildman–Crippen LogP) is 2.50. The van der Waals surface area contributed by atoms with Crippen LogP contribution < -0.4 is 8.92 Å². The zero-order valence-corrected chi connectivity index (χ0v) is 10.8. The van der Waals surface area contributed by atoms with Gasteiger partial charge >= 0.3 is 108 Å². The molecule has 0 radical (unpaired) electrons. The molecule has 0 aliphatic heterocycles. The molecule has 2 aromatic rings. The molecule has 0 fully saturated rings. The quantitative estimate of drug-likeness (QED) is 0.589. The van der Waals surface area contributed by atoms with Crippen LogP contribution in [0.5, 0.6) is 0 Å². The first kappa shape index (κ1) is 13.1. The fraction of sp³-hybridized carbons (Fsp3) is 0.0769. The molecular formula is C13H8F4Se. The number of hydrogen-bond acceptors (Lipinski definition) is 0. The molecule has 0 spiro atoms. The van der Waals surface area contributed by atoms with Gasteiger partial charge in [-0.15, -0.1) is 0 Å². The summed E-state index contributed by atoms with van der Waals surface area (Å²) in [6.07, 6.45) is -4.30. The Morgan fingerprint density at radius 3 is 1.61 bits per heavy atom. The van der Waals surface area contributed by atoms with Crippen molar-refractivity contribution in [2.45, 2.75) is 6.18 Å². The van der Waals surface area contributed by atoms with Crippen LogP contribution in [0.25, 0.3) is 0 Å². The predicted molar refractivity (Wildman–Crippen MR) is 62.9 cm³/mol. The molecule has 0 heterocycles. The number of halogens is 4. The number of hydrogen-bond donors (Lipinski definition) is 0. The molecule has 18 heavy (non-hydrogen) atoms. The zero-order valence-electron chi connectivity index (χ0n) is 9.04. The Balaban J connectivity index is 2.13. The third-order valence-corrected chi connectivity index (χ3v) is 4.36. The zero-order chi connectivity index (χ0) is 13.2. The van der Waals surface area contributed by atoms with Crippen LogP contribution in [0, 0.1) is 5.82 Å². The van der Waals surface area contributed by atoms with E-state index in [4.69, 9.17) is 0 Å². The van der Waals surface area contributed by atoms with Crippen LogP contribution in [-0.4, -0.2) is 15.0 Å². The van der Waals surface area contributed by atoms with E-state index in [0.717, 1.165) is 21.1 Å². The van der Waals surface area contributed by atoms with Gasteiger partial charge in [-0.25, -0.2) is 0 Å². The molecule has 2 aromatic carbocycles. The molecule has 0 aliphatic carbocycles. The molecule has 0 aromatic heterocycles. The van der Waals surface area contributed by atoms with Gasteiger partial charge in [-0.05, 0) is 0 Å². The number of benzene rings is 2. The van der Waals surface area contributed by atoms with Crippen molar-refractivity contribution in [3.05, 3.63) is 59.9 Å². The topological polar surface area (TPSA) is 0 Å². The van der Waals surface area contributed by atoms with E-state index in [1.807, 2.05) is 0 Å². The summed E-state index contributed by atoms with van der Waals surface area (Å²) in [4.78, 5) is 0. The average molecular weight is 319 g/mol. The van der Waals surface area contributed by atoms with E-state index in [2.05, 4.69) is 0 Å². The van der Waals surface area contributed by atoms with Crippen LogP contribution in [0.2, 0.25) is 0 Å². The van der Waals surface area contributed by atoms with Crippen LogP contribution in [0.15, 0.2) is 48.5 Å². The average Bonchev–Trinajstić information content (AvgIpc) is 2.32. The van der Waals surface area contributed by atoms with E-state index in [0.29, 0.717) is 0 Å². The van der Waals surface area contributed by atoms with Gasteiger partial charge < -0.3 is 0 Å². The summed E-state index contributed by atoms with van der Waals surface area (Å²) in [5.41, 5.74) is -0.652. The van der Waals surface area contributed by atoms with E-state index < -0.39 is 11.7 Å². The van der Waals surface area contributed by atoms with Crippen LogP contribution in [0.1, 0.15) is 5.56 Å². The van der Waals surface area contributed by atoms with Crippen molar-refractivity contribution in [1.82, 2.24) is 0 Å². The van der Waals surface area contributed by atoms with Gasteiger partial charge in [0.05, 0.1) is 0 Å². The number of alkyl halides is 3. The van der Waals surface area contributed by atoms with Crippen molar-refractivity contribution in [3.63, 3.8) is 0 Å². The maximum atomic E-state index is 12.7. The summed E-state index contributed by atoms with van der Waals surface area (Å²) in [5.74, 6) is -0.318. The third kappa shape index (κ3) is 3.34. The van der Waals surface area contributed by atoms with Gasteiger partial charge in [-0.3, -0.25) is 0 Å². The van der Waals surface area contributed by atoms with Crippen molar-refractivity contribution in [1.29, 1.82) is 0 Å². The van der Waals surface area contributed by atoms with Crippen LogP contribution in [0.4, 0.5) is 17.6 Å². The molecule has 0 aliphatic rings. The van der Waals surface area contributed by atoms with Crippen LogP contribution in [-0.2, 0) is 6.18 Å². The Morgan fingerprint density at radius 2 is 1.17 bits per heavy atom. The molecule has 94 valence electrons. The van der Waals surface area contributed by atoms with Gasteiger partial charge in [0.25, 0.3) is 0 Å². The van der Waals surface area contributed by atoms with Gasteiger partial charge in [0.2, 0.25) is 0 Å². The fourth-order valence-electron chi connectivity index (χ4n) is 1.35. The van der Waals surface area contributed by atoms with Crippen molar-refractivity contribution in [2.75, 3.05) is 0 Å². The molecule has 0 atom stereocenters. The van der Waals surface area contributed by atoms with Crippen LogP contribution in [0.3, 0.4) is 0 Å². The van der Waals surface area contributed by atoms with Crippen molar-refractivity contribution in [3.8, 4) is 0 Å². The summed E-state index contributed by atoms with van der Waals surface area (Å²) in [6, 6.07) is 11.1. The van der Waals surface area contributed by atoms with E-state index in [1.54, 1.807) is 12.1 Å². The molecule has 0 amide bonds. The molecule has 2 rings (SSSR count). The van der Waals surface area contributed by atoms with E-state index in [-0.39, 0.29) is 20.8 Å². The van der Waals surface area contributed by atoms with Gasteiger partial charge in [-0.1, -0.05) is 0 Å². The maximum absolute atomic E-state index is 12.7. The second kappa shape index (κ2) is 5.12.